The molecule has 2 nitrogen and oxygen atoms in total. The van der Waals surface area contributed by atoms with Crippen molar-refractivity contribution in [3.8, 4) is 0 Å². The summed E-state index contributed by atoms with van der Waals surface area (Å²) in [6, 6.07) is 0. The molecule has 14 heavy (non-hydrogen) atoms. The molecule has 0 aromatic heterocycles. The lowest BCUT2D eigenvalue weighted by Gasteiger charge is -2.04. The maximum absolute atomic E-state index is 5.11. The van der Waals surface area contributed by atoms with E-state index < -0.39 is 0 Å². The van der Waals surface area contributed by atoms with Crippen LogP contribution < -0.4 is 0 Å². The molecular formula is C12H23NO. The number of oxime groups is 1. The number of rotatable bonds is 9. The Balaban J connectivity index is 3.80. The Hall–Kier alpha value is -0.790. The van der Waals surface area contributed by atoms with Crippen LogP contribution in [0.1, 0.15) is 52.4 Å². The number of nitrogens with zero attached hydrogens (tertiary/aromatic N) is 1. The number of unbranched alkanes of at least 4 members (excludes halogenated alkanes) is 2. The highest BCUT2D eigenvalue weighted by molar-refractivity contribution is 5.83. The Morgan fingerprint density at radius 3 is 2.21 bits per heavy atom. The molecule has 0 amide bonds. The van der Waals surface area contributed by atoms with E-state index in [9.17, 15) is 0 Å². The molecular weight excluding hydrogens is 174 g/mol. The molecule has 0 atom stereocenters. The third-order valence-electron chi connectivity index (χ3n) is 2.02. The van der Waals surface area contributed by atoms with Crippen LogP contribution in [0.5, 0.6) is 0 Å². The van der Waals surface area contributed by atoms with Gasteiger partial charge < -0.3 is 4.84 Å². The van der Waals surface area contributed by atoms with Crippen LogP contribution in [-0.2, 0) is 4.84 Å². The Kier molecular flexibility index (Phi) is 9.71. The van der Waals surface area contributed by atoms with Gasteiger partial charge in [0.15, 0.2) is 0 Å². The molecule has 82 valence electrons. The Morgan fingerprint density at radius 1 is 1.21 bits per heavy atom. The third kappa shape index (κ3) is 7.84. The molecule has 0 heterocycles. The van der Waals surface area contributed by atoms with Crippen LogP contribution in [0.4, 0.5) is 0 Å². The zero-order chi connectivity index (χ0) is 10.6. The second-order valence-electron chi connectivity index (χ2n) is 3.45. The van der Waals surface area contributed by atoms with E-state index in [1.165, 1.54) is 31.4 Å². The summed E-state index contributed by atoms with van der Waals surface area (Å²) in [5.41, 5.74) is 1.20. The van der Waals surface area contributed by atoms with Crippen LogP contribution in [0.15, 0.2) is 17.8 Å². The molecule has 0 bridgehead atoms. The number of hydrogen-bond acceptors (Lipinski definition) is 2. The quantitative estimate of drug-likeness (QED) is 0.237. The van der Waals surface area contributed by atoms with Crippen LogP contribution in [-0.4, -0.2) is 12.3 Å². The van der Waals surface area contributed by atoms with Crippen molar-refractivity contribution in [2.75, 3.05) is 6.61 Å². The van der Waals surface area contributed by atoms with Gasteiger partial charge in [0.05, 0.1) is 5.71 Å². The number of hydrogen-bond donors (Lipinski definition) is 0. The van der Waals surface area contributed by atoms with E-state index in [0.29, 0.717) is 6.61 Å². The van der Waals surface area contributed by atoms with Crippen LogP contribution in [0.25, 0.3) is 0 Å². The summed E-state index contributed by atoms with van der Waals surface area (Å²) in [7, 11) is 0. The summed E-state index contributed by atoms with van der Waals surface area (Å²) in [5, 5.41) is 4.13. The second kappa shape index (κ2) is 10.3. The zero-order valence-corrected chi connectivity index (χ0v) is 9.59. The fourth-order valence-corrected chi connectivity index (χ4v) is 1.16. The van der Waals surface area contributed by atoms with E-state index >= 15 is 0 Å². The van der Waals surface area contributed by atoms with Gasteiger partial charge in [-0.3, -0.25) is 0 Å². The van der Waals surface area contributed by atoms with E-state index in [1.54, 1.807) is 6.08 Å². The van der Waals surface area contributed by atoms with E-state index in [2.05, 4.69) is 25.6 Å². The molecule has 0 rings (SSSR count). The zero-order valence-electron chi connectivity index (χ0n) is 9.59. The maximum Gasteiger partial charge on any atom is 0.135 e. The molecule has 0 N–H and O–H groups in total. The van der Waals surface area contributed by atoms with Crippen LogP contribution >= 0.6 is 0 Å². The molecule has 2 heteroatoms. The van der Waals surface area contributed by atoms with Gasteiger partial charge in [-0.05, 0) is 25.7 Å². The summed E-state index contributed by atoms with van der Waals surface area (Å²) < 4.78 is 0. The van der Waals surface area contributed by atoms with Crippen molar-refractivity contribution < 1.29 is 4.84 Å². The Morgan fingerprint density at radius 2 is 1.79 bits per heavy atom. The molecule has 0 radical (unpaired) electrons. The van der Waals surface area contributed by atoms with Crippen molar-refractivity contribution >= 4 is 5.71 Å². The summed E-state index contributed by atoms with van der Waals surface area (Å²) in [6.45, 7) is 8.50. The molecule has 0 aliphatic heterocycles. The predicted octanol–water partition coefficient (Wildman–Crippen LogP) is 3.93. The normalized spacial score (nSPS) is 9.57. The predicted molar refractivity (Wildman–Crippen MR) is 62.6 cm³/mol. The highest BCUT2D eigenvalue weighted by atomic mass is 16.6. The molecule has 0 fully saturated rings. The van der Waals surface area contributed by atoms with E-state index in [0.717, 1.165) is 12.8 Å². The monoisotopic (exact) mass is 197 g/mol. The summed E-state index contributed by atoms with van der Waals surface area (Å²) in [4.78, 5) is 5.11. The Bertz CT molecular complexity index is 154. The molecule has 0 aromatic rings. The Labute approximate surface area is 88.0 Å². The first-order chi connectivity index (χ1) is 6.85. The van der Waals surface area contributed by atoms with Gasteiger partial charge in [0.1, 0.15) is 6.61 Å². The third-order valence-corrected chi connectivity index (χ3v) is 2.02. The molecule has 0 saturated carbocycles. The van der Waals surface area contributed by atoms with Crippen molar-refractivity contribution in [3.63, 3.8) is 0 Å². The maximum atomic E-state index is 5.11. The fraction of sp³-hybridized carbons (Fsp3) is 0.750. The summed E-state index contributed by atoms with van der Waals surface area (Å²) in [6.07, 6.45) is 8.72. The van der Waals surface area contributed by atoms with Crippen molar-refractivity contribution in [2.45, 2.75) is 52.4 Å². The summed E-state index contributed by atoms with van der Waals surface area (Å²) >= 11 is 0. The largest absolute Gasteiger partial charge is 0.392 e. The van der Waals surface area contributed by atoms with Gasteiger partial charge in [-0.2, -0.15) is 0 Å². The lowest BCUT2D eigenvalue weighted by molar-refractivity contribution is 0.173. The molecule has 0 aliphatic carbocycles. The first-order valence-electron chi connectivity index (χ1n) is 5.63. The van der Waals surface area contributed by atoms with Crippen molar-refractivity contribution in [3.05, 3.63) is 12.7 Å². The average molecular weight is 197 g/mol. The average Bonchev–Trinajstić information content (AvgIpc) is 2.21. The van der Waals surface area contributed by atoms with Gasteiger partial charge in [0.25, 0.3) is 0 Å². The second-order valence-corrected chi connectivity index (χ2v) is 3.45. The molecule has 0 unspecified atom stereocenters. The summed E-state index contributed by atoms with van der Waals surface area (Å²) in [5.74, 6) is 0. The molecule has 0 aromatic carbocycles. The lowest BCUT2D eigenvalue weighted by Crippen LogP contribution is -2.00. The van der Waals surface area contributed by atoms with E-state index in [4.69, 9.17) is 4.84 Å². The van der Waals surface area contributed by atoms with E-state index in [-0.39, 0.29) is 0 Å². The first-order valence-corrected chi connectivity index (χ1v) is 5.63. The topological polar surface area (TPSA) is 21.6 Å². The van der Waals surface area contributed by atoms with Crippen LogP contribution in [0, 0.1) is 0 Å². The minimum Gasteiger partial charge on any atom is -0.392 e. The molecule has 0 aliphatic rings. The SMILES string of the molecule is C=CCON=C(CCCC)CCCC. The highest BCUT2D eigenvalue weighted by Gasteiger charge is 1.99. The standard InChI is InChI=1S/C12H23NO/c1-4-7-9-12(10-8-5-2)13-14-11-6-3/h6H,3-5,7-11H2,1-2H3. The van der Waals surface area contributed by atoms with Gasteiger partial charge in [0.2, 0.25) is 0 Å². The van der Waals surface area contributed by atoms with Gasteiger partial charge in [0, 0.05) is 0 Å². The van der Waals surface area contributed by atoms with Gasteiger partial charge in [-0.1, -0.05) is 44.5 Å². The van der Waals surface area contributed by atoms with Gasteiger partial charge in [-0.15, -0.1) is 0 Å². The van der Waals surface area contributed by atoms with E-state index in [1.807, 2.05) is 0 Å². The fourth-order valence-electron chi connectivity index (χ4n) is 1.16. The lowest BCUT2D eigenvalue weighted by atomic mass is 10.1. The molecule has 0 saturated heterocycles. The first kappa shape index (κ1) is 13.2. The molecule has 0 spiro atoms. The van der Waals surface area contributed by atoms with Gasteiger partial charge >= 0.3 is 0 Å². The smallest absolute Gasteiger partial charge is 0.135 e. The van der Waals surface area contributed by atoms with Crippen molar-refractivity contribution in [1.82, 2.24) is 0 Å². The minimum absolute atomic E-state index is 0.516. The van der Waals surface area contributed by atoms with Gasteiger partial charge in [-0.25, -0.2) is 0 Å². The highest BCUT2D eigenvalue weighted by Crippen LogP contribution is 2.05. The van der Waals surface area contributed by atoms with Crippen molar-refractivity contribution in [2.24, 2.45) is 5.16 Å². The van der Waals surface area contributed by atoms with Crippen LogP contribution in [0.2, 0.25) is 0 Å². The van der Waals surface area contributed by atoms with Crippen LogP contribution in [0.3, 0.4) is 0 Å². The minimum atomic E-state index is 0.516. The van der Waals surface area contributed by atoms with Crippen molar-refractivity contribution in [1.29, 1.82) is 0 Å².